The summed E-state index contributed by atoms with van der Waals surface area (Å²) >= 11 is 0. The van der Waals surface area contributed by atoms with E-state index in [9.17, 15) is 27.9 Å². The van der Waals surface area contributed by atoms with Gasteiger partial charge in [0.05, 0.1) is 31.1 Å². The Labute approximate surface area is 244 Å². The molecule has 2 unspecified atom stereocenters. The van der Waals surface area contributed by atoms with Gasteiger partial charge in [-0.2, -0.15) is 0 Å². The fourth-order valence-electron chi connectivity index (χ4n) is 6.19. The van der Waals surface area contributed by atoms with Gasteiger partial charge < -0.3 is 34.1 Å². The second kappa shape index (κ2) is 11.4. The predicted molar refractivity (Wildman–Crippen MR) is 146 cm³/mol. The van der Waals surface area contributed by atoms with Gasteiger partial charge in [-0.05, 0) is 62.8 Å². The van der Waals surface area contributed by atoms with Gasteiger partial charge in [0.1, 0.15) is 23.0 Å². The Morgan fingerprint density at radius 2 is 1.74 bits per heavy atom. The predicted octanol–water partition coefficient (Wildman–Crippen LogP) is 6.57. The number of carbonyl (C=O) groups is 2. The largest absolute Gasteiger partial charge is 0.573 e. The standard InChI is InChI=1S/C30H30F3N3O7/c1-40-24-8-4-6-21(28(37)38)26(24)34-29(39)36-17-11-12-18(36)14-19(13-17)41-15-22-25(35-43-27(22)16-9-10-16)20-5-2-3-7-23(20)42-30(31,32)33/h2-8,16-19H,9-15H2,1H3,(H,34,39)(H,37,38). The maximum Gasteiger partial charge on any atom is 0.573 e. The first-order chi connectivity index (χ1) is 20.6. The quantitative estimate of drug-likeness (QED) is 0.282. The molecule has 2 N–H and O–H groups in total. The average Bonchev–Trinajstić information content (AvgIpc) is 3.66. The summed E-state index contributed by atoms with van der Waals surface area (Å²) in [5, 5.41) is 16.5. The highest BCUT2D eigenvalue weighted by molar-refractivity contribution is 6.02. The molecule has 3 aliphatic rings. The number of piperidine rings is 1. The van der Waals surface area contributed by atoms with Crippen molar-refractivity contribution in [2.75, 3.05) is 12.4 Å². The topological polar surface area (TPSA) is 123 Å². The molecule has 0 radical (unpaired) electrons. The van der Waals surface area contributed by atoms with E-state index in [0.29, 0.717) is 24.2 Å². The summed E-state index contributed by atoms with van der Waals surface area (Å²) in [4.78, 5) is 26.9. The highest BCUT2D eigenvalue weighted by atomic mass is 19.4. The van der Waals surface area contributed by atoms with Crippen LogP contribution in [0.15, 0.2) is 47.0 Å². The molecule has 3 aromatic rings. The number of hydrogen-bond acceptors (Lipinski definition) is 7. The number of carboxylic acid groups (broad SMARTS) is 1. The lowest BCUT2D eigenvalue weighted by Gasteiger charge is -2.38. The fourth-order valence-corrected chi connectivity index (χ4v) is 6.19. The van der Waals surface area contributed by atoms with E-state index >= 15 is 0 Å². The number of amides is 2. The molecule has 2 aromatic carbocycles. The van der Waals surface area contributed by atoms with E-state index in [4.69, 9.17) is 14.0 Å². The molecule has 2 bridgehead atoms. The van der Waals surface area contributed by atoms with Crippen molar-refractivity contribution in [2.45, 2.75) is 75.6 Å². The number of hydrogen-bond donors (Lipinski definition) is 2. The number of benzene rings is 2. The molecule has 2 atom stereocenters. The van der Waals surface area contributed by atoms with Crippen molar-refractivity contribution in [2.24, 2.45) is 0 Å². The Hall–Kier alpha value is -4.26. The summed E-state index contributed by atoms with van der Waals surface area (Å²) in [5.41, 5.74) is 1.05. The molecular weight excluding hydrogens is 571 g/mol. The first kappa shape index (κ1) is 28.8. The number of alkyl halides is 3. The lowest BCUT2D eigenvalue weighted by Crippen LogP contribution is -2.50. The summed E-state index contributed by atoms with van der Waals surface area (Å²) < 4.78 is 60.8. The molecule has 1 aromatic heterocycles. The van der Waals surface area contributed by atoms with Crippen LogP contribution in [0, 0.1) is 0 Å². The molecular formula is C30H30F3N3O7. The molecule has 2 aliphatic heterocycles. The van der Waals surface area contributed by atoms with Crippen LogP contribution in [-0.4, -0.2) is 58.8 Å². The highest BCUT2D eigenvalue weighted by Crippen LogP contribution is 2.46. The number of nitrogens with zero attached hydrogens (tertiary/aromatic N) is 2. The van der Waals surface area contributed by atoms with Crippen LogP contribution in [0.25, 0.3) is 11.3 Å². The van der Waals surface area contributed by atoms with E-state index in [1.807, 2.05) is 0 Å². The lowest BCUT2D eigenvalue weighted by atomic mass is 9.99. The zero-order chi connectivity index (χ0) is 30.3. The van der Waals surface area contributed by atoms with Gasteiger partial charge in [0.2, 0.25) is 0 Å². The van der Waals surface area contributed by atoms with Crippen LogP contribution in [0.2, 0.25) is 0 Å². The van der Waals surface area contributed by atoms with Crippen LogP contribution >= 0.6 is 0 Å². The minimum Gasteiger partial charge on any atom is -0.495 e. The van der Waals surface area contributed by atoms with Crippen molar-refractivity contribution in [1.29, 1.82) is 0 Å². The van der Waals surface area contributed by atoms with Crippen LogP contribution in [0.1, 0.15) is 66.1 Å². The molecule has 3 fully saturated rings. The van der Waals surface area contributed by atoms with Crippen LogP contribution in [0.4, 0.5) is 23.7 Å². The Balaban J connectivity index is 1.17. The molecule has 43 heavy (non-hydrogen) atoms. The van der Waals surface area contributed by atoms with Crippen LogP contribution < -0.4 is 14.8 Å². The van der Waals surface area contributed by atoms with Gasteiger partial charge in [-0.1, -0.05) is 23.4 Å². The van der Waals surface area contributed by atoms with E-state index in [0.717, 1.165) is 25.7 Å². The van der Waals surface area contributed by atoms with E-state index in [-0.39, 0.29) is 64.7 Å². The number of para-hydroxylation sites is 2. The number of rotatable bonds is 9. The Morgan fingerprint density at radius 3 is 2.40 bits per heavy atom. The van der Waals surface area contributed by atoms with Gasteiger partial charge in [0, 0.05) is 29.1 Å². The monoisotopic (exact) mass is 601 g/mol. The average molecular weight is 602 g/mol. The summed E-state index contributed by atoms with van der Waals surface area (Å²) in [7, 11) is 1.40. The van der Waals surface area contributed by atoms with Crippen molar-refractivity contribution >= 4 is 17.7 Å². The third kappa shape index (κ3) is 5.99. The number of halogens is 3. The minimum absolute atomic E-state index is 0.0727. The number of aromatic nitrogens is 1. The number of ether oxygens (including phenoxy) is 3. The zero-order valence-electron chi connectivity index (χ0n) is 23.2. The van der Waals surface area contributed by atoms with Crippen molar-refractivity contribution < 1.29 is 46.6 Å². The number of methoxy groups -OCH3 is 1. The van der Waals surface area contributed by atoms with Crippen LogP contribution in [0.5, 0.6) is 11.5 Å². The number of nitrogens with one attached hydrogen (secondary N) is 1. The number of carbonyl (C=O) groups excluding carboxylic acids is 1. The molecule has 2 saturated heterocycles. The molecule has 13 heteroatoms. The molecule has 3 heterocycles. The second-order valence-electron chi connectivity index (χ2n) is 11.0. The maximum absolute atomic E-state index is 13.4. The van der Waals surface area contributed by atoms with E-state index in [2.05, 4.69) is 15.2 Å². The molecule has 1 aliphatic carbocycles. The highest BCUT2D eigenvalue weighted by Gasteiger charge is 2.44. The molecule has 6 rings (SSSR count). The van der Waals surface area contributed by atoms with Gasteiger partial charge in [-0.3, -0.25) is 0 Å². The van der Waals surface area contributed by atoms with Gasteiger partial charge in [-0.15, -0.1) is 13.2 Å². The Morgan fingerprint density at radius 1 is 1.05 bits per heavy atom. The third-order valence-electron chi connectivity index (χ3n) is 8.23. The molecule has 2 amide bonds. The van der Waals surface area contributed by atoms with Crippen molar-refractivity contribution in [3.8, 4) is 22.8 Å². The summed E-state index contributed by atoms with van der Waals surface area (Å²) in [6.07, 6.45) is -0.641. The number of fused-ring (bicyclic) bond motifs is 2. The van der Waals surface area contributed by atoms with Gasteiger partial charge in [0.25, 0.3) is 0 Å². The van der Waals surface area contributed by atoms with Crippen LogP contribution in [0.3, 0.4) is 0 Å². The van der Waals surface area contributed by atoms with Crippen LogP contribution in [-0.2, 0) is 11.3 Å². The molecule has 10 nitrogen and oxygen atoms in total. The minimum atomic E-state index is -4.86. The van der Waals surface area contributed by atoms with Crippen molar-refractivity contribution in [3.63, 3.8) is 0 Å². The number of urea groups is 1. The number of aromatic carboxylic acids is 1. The first-order valence-corrected chi connectivity index (χ1v) is 14.1. The number of anilines is 1. The normalized spacial score (nSPS) is 21.5. The molecule has 0 spiro atoms. The Kier molecular flexibility index (Phi) is 7.67. The first-order valence-electron chi connectivity index (χ1n) is 14.1. The second-order valence-corrected chi connectivity index (χ2v) is 11.0. The Bertz CT molecular complexity index is 1510. The van der Waals surface area contributed by atoms with Gasteiger partial charge in [-0.25, -0.2) is 9.59 Å². The maximum atomic E-state index is 13.4. The molecule has 228 valence electrons. The van der Waals surface area contributed by atoms with E-state index in [1.165, 1.54) is 31.4 Å². The number of carboxylic acids is 1. The lowest BCUT2D eigenvalue weighted by molar-refractivity contribution is -0.274. The smallest absolute Gasteiger partial charge is 0.495 e. The third-order valence-corrected chi connectivity index (χ3v) is 8.23. The van der Waals surface area contributed by atoms with Crippen molar-refractivity contribution in [1.82, 2.24) is 10.1 Å². The van der Waals surface area contributed by atoms with E-state index < -0.39 is 18.4 Å². The van der Waals surface area contributed by atoms with Gasteiger partial charge in [0.15, 0.2) is 0 Å². The van der Waals surface area contributed by atoms with Crippen molar-refractivity contribution in [3.05, 3.63) is 59.4 Å². The molecule has 1 saturated carbocycles. The summed E-state index contributed by atoms with van der Waals surface area (Å²) in [6, 6.07) is 9.68. The summed E-state index contributed by atoms with van der Waals surface area (Å²) in [5.74, 6) is -0.552. The summed E-state index contributed by atoms with van der Waals surface area (Å²) in [6.45, 7) is 0.0878. The zero-order valence-corrected chi connectivity index (χ0v) is 23.2. The SMILES string of the molecule is COc1cccc(C(=O)O)c1NC(=O)N1C2CCC1CC(OCc1c(-c3ccccc3OC(F)(F)F)noc1C1CC1)C2. The van der Waals surface area contributed by atoms with E-state index in [1.54, 1.807) is 23.1 Å². The fraction of sp³-hybridized carbons (Fsp3) is 0.433. The van der Waals surface area contributed by atoms with Gasteiger partial charge >= 0.3 is 18.4 Å².